The van der Waals surface area contributed by atoms with Crippen molar-refractivity contribution in [3.63, 3.8) is 0 Å². The molecule has 0 rings (SSSR count). The molecule has 5 heteroatoms. The summed E-state index contributed by atoms with van der Waals surface area (Å²) in [6, 6.07) is 0. The van der Waals surface area contributed by atoms with E-state index in [4.69, 9.17) is 18.0 Å². The minimum Gasteiger partial charge on any atom is -0.392 e. The largest absolute Gasteiger partial charge is 0.392 e. The van der Waals surface area contributed by atoms with Gasteiger partial charge in [0, 0.05) is 12.3 Å². The van der Waals surface area contributed by atoms with Crippen LogP contribution >= 0.6 is 24.0 Å². The summed E-state index contributed by atoms with van der Waals surface area (Å²) in [6.07, 6.45) is 3.32. The number of thiocarbonyl (C=S) groups is 1. The summed E-state index contributed by atoms with van der Waals surface area (Å²) in [5, 5.41) is 2.88. The molecule has 1 amide bonds. The van der Waals surface area contributed by atoms with E-state index in [-0.39, 0.29) is 5.91 Å². The van der Waals surface area contributed by atoms with Gasteiger partial charge in [-0.05, 0) is 19.1 Å². The summed E-state index contributed by atoms with van der Waals surface area (Å²) in [7, 11) is 0. The van der Waals surface area contributed by atoms with E-state index in [9.17, 15) is 4.79 Å². The predicted molar refractivity (Wildman–Crippen MR) is 71.2 cm³/mol. The molecule has 0 heterocycles. The van der Waals surface area contributed by atoms with Crippen molar-refractivity contribution in [3.8, 4) is 0 Å². The first kappa shape index (κ1) is 14.7. The topological polar surface area (TPSA) is 55.1 Å². The Bertz CT molecular complexity index is 227. The third-order valence-electron chi connectivity index (χ3n) is 2.71. The zero-order valence-electron chi connectivity index (χ0n) is 9.63. The molecule has 3 nitrogen and oxygen atoms in total. The third kappa shape index (κ3) is 3.65. The Hall–Kier alpha value is -0.290. The number of hydrogen-bond donors (Lipinski definition) is 2. The molecule has 0 aromatic heterocycles. The fraction of sp³-hybridized carbons (Fsp3) is 0.800. The lowest BCUT2D eigenvalue weighted by Gasteiger charge is -2.28. The molecule has 0 aromatic carbocycles. The predicted octanol–water partition coefficient (Wildman–Crippen LogP) is 1.56. The van der Waals surface area contributed by atoms with Crippen molar-refractivity contribution in [1.82, 2.24) is 5.32 Å². The van der Waals surface area contributed by atoms with Crippen LogP contribution in [0.2, 0.25) is 0 Å². The van der Waals surface area contributed by atoms with Gasteiger partial charge in [0.2, 0.25) is 5.91 Å². The molecule has 0 aromatic rings. The Morgan fingerprint density at radius 2 is 2.00 bits per heavy atom. The Kier molecular flexibility index (Phi) is 6.92. The molecule has 15 heavy (non-hydrogen) atoms. The number of hydrogen-bond acceptors (Lipinski definition) is 3. The minimum atomic E-state index is -0.659. The van der Waals surface area contributed by atoms with Crippen LogP contribution < -0.4 is 11.1 Å². The van der Waals surface area contributed by atoms with E-state index in [2.05, 4.69) is 5.32 Å². The third-order valence-corrected chi connectivity index (χ3v) is 3.71. The smallest absolute Gasteiger partial charge is 0.233 e. The molecule has 0 aliphatic heterocycles. The minimum absolute atomic E-state index is 0.0333. The average molecular weight is 248 g/mol. The van der Waals surface area contributed by atoms with Gasteiger partial charge in [-0.2, -0.15) is 11.8 Å². The van der Waals surface area contributed by atoms with Gasteiger partial charge in [-0.3, -0.25) is 4.79 Å². The highest BCUT2D eigenvalue weighted by atomic mass is 32.2. The zero-order valence-corrected chi connectivity index (χ0v) is 11.3. The summed E-state index contributed by atoms with van der Waals surface area (Å²) in [5.74, 6) is 0.876. The highest BCUT2D eigenvalue weighted by Crippen LogP contribution is 2.27. The van der Waals surface area contributed by atoms with Crippen LogP contribution in [0, 0.1) is 5.41 Å². The average Bonchev–Trinajstić information content (AvgIpc) is 2.20. The van der Waals surface area contributed by atoms with Gasteiger partial charge in [0.1, 0.15) is 0 Å². The SMILES string of the molecule is CCC(CC)(C(=O)NCCSC)C(N)=S. The molecule has 0 fully saturated rings. The summed E-state index contributed by atoms with van der Waals surface area (Å²) in [4.78, 5) is 12.3. The van der Waals surface area contributed by atoms with E-state index in [1.807, 2.05) is 20.1 Å². The quantitative estimate of drug-likeness (QED) is 0.530. The zero-order chi connectivity index (χ0) is 11.9. The van der Waals surface area contributed by atoms with Crippen LogP contribution in [-0.4, -0.2) is 29.4 Å². The second-order valence-corrected chi connectivity index (χ2v) is 4.83. The number of amides is 1. The van der Waals surface area contributed by atoms with Crippen LogP contribution in [0.5, 0.6) is 0 Å². The molecule has 0 atom stereocenters. The summed E-state index contributed by atoms with van der Waals surface area (Å²) in [6.45, 7) is 4.55. The molecule has 0 unspecified atom stereocenters. The standard InChI is InChI=1S/C10H20N2OS2/c1-4-10(5-2,8(11)14)9(13)12-6-7-15-3/h4-7H2,1-3H3,(H2,11,14)(H,12,13). The number of thioether (sulfide) groups is 1. The normalized spacial score (nSPS) is 11.1. The van der Waals surface area contributed by atoms with Gasteiger partial charge in [-0.15, -0.1) is 0 Å². The van der Waals surface area contributed by atoms with Crippen LogP contribution in [-0.2, 0) is 4.79 Å². The van der Waals surface area contributed by atoms with Crippen LogP contribution in [0.1, 0.15) is 26.7 Å². The van der Waals surface area contributed by atoms with Crippen LogP contribution in [0.3, 0.4) is 0 Å². The van der Waals surface area contributed by atoms with Crippen LogP contribution in [0.4, 0.5) is 0 Å². The molecule has 3 N–H and O–H groups in total. The van der Waals surface area contributed by atoms with Gasteiger partial charge in [0.15, 0.2) is 0 Å². The highest BCUT2D eigenvalue weighted by molar-refractivity contribution is 7.98. The second-order valence-electron chi connectivity index (χ2n) is 3.40. The Morgan fingerprint density at radius 3 is 2.33 bits per heavy atom. The van der Waals surface area contributed by atoms with Gasteiger partial charge < -0.3 is 11.1 Å². The molecule has 0 radical (unpaired) electrons. The molecular formula is C10H20N2OS2. The molecule has 0 bridgehead atoms. The van der Waals surface area contributed by atoms with Crippen molar-refractivity contribution in [1.29, 1.82) is 0 Å². The van der Waals surface area contributed by atoms with Gasteiger partial charge in [0.25, 0.3) is 0 Å². The first-order chi connectivity index (χ1) is 7.05. The maximum atomic E-state index is 12.0. The first-order valence-electron chi connectivity index (χ1n) is 5.12. The van der Waals surface area contributed by atoms with Crippen molar-refractivity contribution in [2.45, 2.75) is 26.7 Å². The van der Waals surface area contributed by atoms with Gasteiger partial charge >= 0.3 is 0 Å². The number of carbonyl (C=O) groups excluding carboxylic acids is 1. The lowest BCUT2D eigenvalue weighted by Crippen LogP contribution is -2.48. The fourth-order valence-electron chi connectivity index (χ4n) is 1.47. The molecule has 0 aliphatic carbocycles. The maximum Gasteiger partial charge on any atom is 0.233 e. The van der Waals surface area contributed by atoms with Crippen molar-refractivity contribution in [3.05, 3.63) is 0 Å². The van der Waals surface area contributed by atoms with Gasteiger partial charge in [0.05, 0.1) is 10.4 Å². The van der Waals surface area contributed by atoms with Crippen molar-refractivity contribution >= 4 is 34.9 Å². The van der Waals surface area contributed by atoms with Crippen molar-refractivity contribution in [2.75, 3.05) is 18.6 Å². The van der Waals surface area contributed by atoms with E-state index in [1.54, 1.807) is 11.8 Å². The summed E-state index contributed by atoms with van der Waals surface area (Å²) in [5.41, 5.74) is 5.00. The molecule has 0 saturated carbocycles. The van der Waals surface area contributed by atoms with Crippen molar-refractivity contribution < 1.29 is 4.79 Å². The van der Waals surface area contributed by atoms with Crippen LogP contribution in [0.25, 0.3) is 0 Å². The summed E-state index contributed by atoms with van der Waals surface area (Å²) < 4.78 is 0. The Morgan fingerprint density at radius 1 is 1.47 bits per heavy atom. The molecule has 0 spiro atoms. The van der Waals surface area contributed by atoms with E-state index >= 15 is 0 Å². The van der Waals surface area contributed by atoms with Gasteiger partial charge in [-0.25, -0.2) is 0 Å². The Balaban J connectivity index is 4.49. The molecule has 88 valence electrons. The van der Waals surface area contributed by atoms with Crippen molar-refractivity contribution in [2.24, 2.45) is 11.1 Å². The summed E-state index contributed by atoms with van der Waals surface area (Å²) >= 11 is 6.69. The number of nitrogens with one attached hydrogen (secondary N) is 1. The lowest BCUT2D eigenvalue weighted by molar-refractivity contribution is -0.127. The number of nitrogens with two attached hydrogens (primary N) is 1. The van der Waals surface area contributed by atoms with Gasteiger partial charge in [-0.1, -0.05) is 26.1 Å². The highest BCUT2D eigenvalue weighted by Gasteiger charge is 2.37. The molecular weight excluding hydrogens is 228 g/mol. The van der Waals surface area contributed by atoms with E-state index in [0.29, 0.717) is 24.4 Å². The number of carbonyl (C=O) groups is 1. The fourth-order valence-corrected chi connectivity index (χ4v) is 2.15. The van der Waals surface area contributed by atoms with E-state index in [0.717, 1.165) is 5.75 Å². The lowest BCUT2D eigenvalue weighted by atomic mass is 9.81. The van der Waals surface area contributed by atoms with Crippen LogP contribution in [0.15, 0.2) is 0 Å². The maximum absolute atomic E-state index is 12.0. The van der Waals surface area contributed by atoms with E-state index in [1.165, 1.54) is 0 Å². The first-order valence-corrected chi connectivity index (χ1v) is 6.92. The number of rotatable bonds is 7. The Labute approximate surface area is 102 Å². The molecule has 0 aliphatic rings. The molecule has 0 saturated heterocycles. The monoisotopic (exact) mass is 248 g/mol. The second kappa shape index (κ2) is 7.06. The van der Waals surface area contributed by atoms with E-state index < -0.39 is 5.41 Å².